The van der Waals surface area contributed by atoms with Gasteiger partial charge in [0, 0.05) is 11.8 Å². The van der Waals surface area contributed by atoms with Crippen molar-refractivity contribution in [3.05, 3.63) is 54.4 Å². The van der Waals surface area contributed by atoms with E-state index in [1.165, 1.54) is 0 Å². The molecule has 0 saturated heterocycles. The highest BCUT2D eigenvalue weighted by molar-refractivity contribution is 5.67. The first-order valence-corrected chi connectivity index (χ1v) is 7.39. The van der Waals surface area contributed by atoms with Gasteiger partial charge in [-0.3, -0.25) is 0 Å². The number of nitrogens with zero attached hydrogens (tertiary/aromatic N) is 3. The molecule has 0 radical (unpaired) electrons. The quantitative estimate of drug-likeness (QED) is 0.717. The van der Waals surface area contributed by atoms with Gasteiger partial charge in [-0.1, -0.05) is 13.0 Å². The lowest BCUT2D eigenvalue weighted by molar-refractivity contribution is 0.317. The summed E-state index contributed by atoms with van der Waals surface area (Å²) in [5.74, 6) is 0.858. The Morgan fingerprint density at radius 3 is 2.73 bits per heavy atom. The van der Waals surface area contributed by atoms with Crippen LogP contribution in [0.3, 0.4) is 0 Å². The molecule has 110 valence electrons. The molecule has 22 heavy (non-hydrogen) atoms. The lowest BCUT2D eigenvalue weighted by atomic mass is 10.1. The van der Waals surface area contributed by atoms with Crippen molar-refractivity contribution >= 4 is 5.65 Å². The van der Waals surface area contributed by atoms with Gasteiger partial charge in [0.15, 0.2) is 0 Å². The van der Waals surface area contributed by atoms with Crippen LogP contribution in [0, 0.1) is 11.3 Å². The van der Waals surface area contributed by atoms with E-state index in [4.69, 9.17) is 10.00 Å². The lowest BCUT2D eigenvalue weighted by Gasteiger charge is -2.05. The minimum absolute atomic E-state index is 0.328. The molecule has 0 fully saturated rings. The molecule has 4 heteroatoms. The van der Waals surface area contributed by atoms with E-state index in [9.17, 15) is 0 Å². The van der Waals surface area contributed by atoms with Crippen molar-refractivity contribution in [3.8, 4) is 23.1 Å². The van der Waals surface area contributed by atoms with Gasteiger partial charge in [0.05, 0.1) is 30.5 Å². The summed E-state index contributed by atoms with van der Waals surface area (Å²) in [7, 11) is 0. The molecule has 1 aromatic carbocycles. The highest BCUT2D eigenvalue weighted by Gasteiger charge is 2.13. The van der Waals surface area contributed by atoms with Gasteiger partial charge in [0.25, 0.3) is 0 Å². The van der Waals surface area contributed by atoms with E-state index < -0.39 is 0 Å². The maximum atomic E-state index is 9.10. The fraction of sp³-hybridized carbons (Fsp3) is 0.222. The molecule has 3 aromatic rings. The van der Waals surface area contributed by atoms with Crippen molar-refractivity contribution in [2.24, 2.45) is 0 Å². The Labute approximate surface area is 129 Å². The number of ether oxygens (including phenoxy) is 1. The molecule has 0 bridgehead atoms. The molecule has 2 heterocycles. The van der Waals surface area contributed by atoms with Crippen LogP contribution in [-0.4, -0.2) is 16.0 Å². The van der Waals surface area contributed by atoms with Gasteiger partial charge in [0.1, 0.15) is 11.4 Å². The third-order valence-corrected chi connectivity index (χ3v) is 3.48. The van der Waals surface area contributed by atoms with Crippen LogP contribution in [-0.2, 0) is 6.42 Å². The molecular formula is C18H17N3O. The van der Waals surface area contributed by atoms with Crippen molar-refractivity contribution in [1.82, 2.24) is 9.38 Å². The van der Waals surface area contributed by atoms with Crippen LogP contribution in [0.5, 0.6) is 5.75 Å². The van der Waals surface area contributed by atoms with Gasteiger partial charge >= 0.3 is 0 Å². The Balaban J connectivity index is 2.02. The molecule has 0 aliphatic rings. The second kappa shape index (κ2) is 6.31. The van der Waals surface area contributed by atoms with Crippen LogP contribution in [0.4, 0.5) is 0 Å². The van der Waals surface area contributed by atoms with Crippen LogP contribution in [0.15, 0.2) is 48.7 Å². The molecule has 0 spiro atoms. The van der Waals surface area contributed by atoms with E-state index in [0.717, 1.165) is 34.8 Å². The highest BCUT2D eigenvalue weighted by Crippen LogP contribution is 2.26. The number of imidazole rings is 1. The molecular weight excluding hydrogens is 274 g/mol. The summed E-state index contributed by atoms with van der Waals surface area (Å²) in [4.78, 5) is 4.66. The van der Waals surface area contributed by atoms with Crippen LogP contribution in [0.25, 0.3) is 16.9 Å². The summed E-state index contributed by atoms with van der Waals surface area (Å²) < 4.78 is 7.58. The monoisotopic (exact) mass is 291 g/mol. The average Bonchev–Trinajstić information content (AvgIpc) is 2.93. The van der Waals surface area contributed by atoms with E-state index in [-0.39, 0.29) is 0 Å². The largest absolute Gasteiger partial charge is 0.494 e. The third-order valence-electron chi connectivity index (χ3n) is 3.48. The van der Waals surface area contributed by atoms with Gasteiger partial charge in [0.2, 0.25) is 0 Å². The van der Waals surface area contributed by atoms with Gasteiger partial charge in [-0.25, -0.2) is 4.98 Å². The van der Waals surface area contributed by atoms with Crippen molar-refractivity contribution in [2.75, 3.05) is 6.61 Å². The zero-order valence-corrected chi connectivity index (χ0v) is 12.5. The number of benzene rings is 1. The Hall–Kier alpha value is -2.80. The lowest BCUT2D eigenvalue weighted by Crippen LogP contribution is -1.95. The van der Waals surface area contributed by atoms with E-state index >= 15 is 0 Å². The van der Waals surface area contributed by atoms with Crippen molar-refractivity contribution in [3.63, 3.8) is 0 Å². The number of pyridine rings is 1. The Morgan fingerprint density at radius 1 is 1.18 bits per heavy atom. The summed E-state index contributed by atoms with van der Waals surface area (Å²) in [5, 5.41) is 9.10. The van der Waals surface area contributed by atoms with Gasteiger partial charge < -0.3 is 9.14 Å². The maximum absolute atomic E-state index is 9.10. The predicted octanol–water partition coefficient (Wildman–Crippen LogP) is 3.86. The number of hydrogen-bond donors (Lipinski definition) is 0. The second-order valence-corrected chi connectivity index (χ2v) is 5.04. The topological polar surface area (TPSA) is 50.3 Å². The molecule has 0 saturated carbocycles. The molecule has 0 aliphatic heterocycles. The van der Waals surface area contributed by atoms with Gasteiger partial charge in [-0.15, -0.1) is 0 Å². The third kappa shape index (κ3) is 2.66. The number of fused-ring (bicyclic) bond motifs is 1. The zero-order valence-electron chi connectivity index (χ0n) is 12.5. The van der Waals surface area contributed by atoms with Crippen LogP contribution < -0.4 is 4.74 Å². The first kappa shape index (κ1) is 14.2. The van der Waals surface area contributed by atoms with Gasteiger partial charge in [-0.2, -0.15) is 5.26 Å². The fourth-order valence-electron chi connectivity index (χ4n) is 2.45. The molecule has 0 atom stereocenters. The van der Waals surface area contributed by atoms with Crippen LogP contribution in [0.2, 0.25) is 0 Å². The summed E-state index contributed by atoms with van der Waals surface area (Å²) >= 11 is 0. The first-order valence-electron chi connectivity index (χ1n) is 7.39. The standard InChI is InChI=1S/C18H17N3O/c1-2-13-22-15-8-6-14(7-9-15)18-16(10-11-19)21-12-4-3-5-17(21)20-18/h3-9,12H,2,10,13H2,1H3. The fourth-order valence-corrected chi connectivity index (χ4v) is 2.45. The molecule has 3 rings (SSSR count). The van der Waals surface area contributed by atoms with Crippen molar-refractivity contribution in [2.45, 2.75) is 19.8 Å². The van der Waals surface area contributed by atoms with E-state index in [0.29, 0.717) is 13.0 Å². The number of rotatable bonds is 5. The predicted molar refractivity (Wildman–Crippen MR) is 85.7 cm³/mol. The summed E-state index contributed by atoms with van der Waals surface area (Å²) in [6.07, 6.45) is 3.26. The molecule has 0 N–H and O–H groups in total. The SMILES string of the molecule is CCCOc1ccc(-c2nc3ccccn3c2CC#N)cc1. The Bertz CT molecular complexity index is 812. The van der Waals surface area contributed by atoms with Crippen LogP contribution >= 0.6 is 0 Å². The maximum Gasteiger partial charge on any atom is 0.137 e. The number of hydrogen-bond acceptors (Lipinski definition) is 3. The highest BCUT2D eigenvalue weighted by atomic mass is 16.5. The van der Waals surface area contributed by atoms with Crippen LogP contribution in [0.1, 0.15) is 19.0 Å². The van der Waals surface area contributed by atoms with Gasteiger partial charge in [-0.05, 0) is 42.8 Å². The average molecular weight is 291 g/mol. The molecule has 0 amide bonds. The summed E-state index contributed by atoms with van der Waals surface area (Å²) in [5.41, 5.74) is 3.63. The van der Waals surface area contributed by atoms with E-state index in [2.05, 4.69) is 18.0 Å². The second-order valence-electron chi connectivity index (χ2n) is 5.04. The van der Waals surface area contributed by atoms with Crippen molar-refractivity contribution in [1.29, 1.82) is 5.26 Å². The molecule has 4 nitrogen and oxygen atoms in total. The summed E-state index contributed by atoms with van der Waals surface area (Å²) in [6.45, 7) is 2.80. The Kier molecular flexibility index (Phi) is 4.06. The van der Waals surface area contributed by atoms with Crippen molar-refractivity contribution < 1.29 is 4.74 Å². The van der Waals surface area contributed by atoms with E-state index in [1.807, 2.05) is 53.1 Å². The number of aromatic nitrogens is 2. The normalized spacial score (nSPS) is 10.5. The van der Waals surface area contributed by atoms with E-state index in [1.54, 1.807) is 0 Å². The molecule has 2 aromatic heterocycles. The minimum atomic E-state index is 0.328. The summed E-state index contributed by atoms with van der Waals surface area (Å²) in [6, 6.07) is 16.0. The zero-order chi connectivity index (χ0) is 15.4. The number of nitriles is 1. The minimum Gasteiger partial charge on any atom is -0.494 e. The molecule has 0 unspecified atom stereocenters. The smallest absolute Gasteiger partial charge is 0.137 e. The first-order chi connectivity index (χ1) is 10.8. The molecule has 0 aliphatic carbocycles. The Morgan fingerprint density at radius 2 is 2.00 bits per heavy atom.